The summed E-state index contributed by atoms with van der Waals surface area (Å²) < 4.78 is 30.8. The highest BCUT2D eigenvalue weighted by Crippen LogP contribution is 2.36. The number of rotatable bonds is 2. The van der Waals surface area contributed by atoms with Crippen LogP contribution in [0.5, 0.6) is 0 Å². The van der Waals surface area contributed by atoms with E-state index in [2.05, 4.69) is 16.0 Å². The van der Waals surface area contributed by atoms with Crippen molar-refractivity contribution in [2.75, 3.05) is 50.5 Å². The molecule has 0 saturated carbocycles. The van der Waals surface area contributed by atoms with Crippen molar-refractivity contribution in [2.24, 2.45) is 5.41 Å². The Morgan fingerprint density at radius 3 is 2.68 bits per heavy atom. The molecule has 3 heterocycles. The maximum Gasteiger partial charge on any atom is 0.211 e. The van der Waals surface area contributed by atoms with Crippen molar-refractivity contribution in [1.82, 2.24) is 9.29 Å². The van der Waals surface area contributed by atoms with E-state index in [1.54, 1.807) is 10.5 Å². The summed E-state index contributed by atoms with van der Waals surface area (Å²) in [5.41, 5.74) is 1.14. The average Bonchev–Trinajstić information content (AvgIpc) is 2.71. The summed E-state index contributed by atoms with van der Waals surface area (Å²) in [6, 6.07) is 4.01. The smallest absolute Gasteiger partial charge is 0.211 e. The second kappa shape index (κ2) is 6.14. The van der Waals surface area contributed by atoms with Gasteiger partial charge < -0.3 is 9.64 Å². The van der Waals surface area contributed by atoms with E-state index >= 15 is 0 Å². The Morgan fingerprint density at radius 2 is 2.05 bits per heavy atom. The molecule has 2 aliphatic heterocycles. The first-order valence-corrected chi connectivity index (χ1v) is 9.51. The van der Waals surface area contributed by atoms with Gasteiger partial charge in [0, 0.05) is 37.8 Å². The summed E-state index contributed by atoms with van der Waals surface area (Å²) in [7, 11) is -3.09. The number of sulfonamides is 1. The number of nitrogens with zero attached hydrogens (tertiary/aromatic N) is 3. The van der Waals surface area contributed by atoms with Crippen LogP contribution in [-0.4, -0.2) is 63.4 Å². The first kappa shape index (κ1) is 15.7. The Morgan fingerprint density at radius 1 is 1.27 bits per heavy atom. The van der Waals surface area contributed by atoms with E-state index in [9.17, 15) is 8.42 Å². The van der Waals surface area contributed by atoms with Gasteiger partial charge in [-0.25, -0.2) is 12.7 Å². The van der Waals surface area contributed by atoms with Gasteiger partial charge in [-0.1, -0.05) is 0 Å². The van der Waals surface area contributed by atoms with E-state index in [0.29, 0.717) is 26.3 Å². The quantitative estimate of drug-likeness (QED) is 0.810. The minimum absolute atomic E-state index is 0.0352. The van der Waals surface area contributed by atoms with Gasteiger partial charge in [0.2, 0.25) is 10.0 Å². The predicted octanol–water partition coefficient (Wildman–Crippen LogP) is 0.960. The lowest BCUT2D eigenvalue weighted by Crippen LogP contribution is -2.48. The number of aromatic nitrogens is 1. The molecule has 2 fully saturated rings. The third-order valence-corrected chi connectivity index (χ3v) is 6.01. The number of anilines is 1. The highest BCUT2D eigenvalue weighted by atomic mass is 32.2. The third-order valence-electron chi connectivity index (χ3n) is 4.70. The molecule has 0 atom stereocenters. The Kier molecular flexibility index (Phi) is 4.38. The lowest BCUT2D eigenvalue weighted by Gasteiger charge is -2.42. The highest BCUT2D eigenvalue weighted by molar-refractivity contribution is 7.88. The van der Waals surface area contributed by atoms with Gasteiger partial charge in [0.05, 0.1) is 31.4 Å². The summed E-state index contributed by atoms with van der Waals surface area (Å²) in [6.07, 6.45) is 6.63. The molecular formula is C15H23N3O3S. The van der Waals surface area contributed by atoms with Gasteiger partial charge in [-0.05, 0) is 25.0 Å². The van der Waals surface area contributed by atoms with Crippen LogP contribution in [0, 0.1) is 5.41 Å². The van der Waals surface area contributed by atoms with Crippen molar-refractivity contribution in [3.63, 3.8) is 0 Å². The van der Waals surface area contributed by atoms with Crippen LogP contribution in [-0.2, 0) is 14.8 Å². The van der Waals surface area contributed by atoms with Crippen LogP contribution in [0.15, 0.2) is 24.5 Å². The Balaban J connectivity index is 1.74. The van der Waals surface area contributed by atoms with Crippen molar-refractivity contribution in [3.8, 4) is 0 Å². The highest BCUT2D eigenvalue weighted by Gasteiger charge is 2.39. The molecule has 0 aromatic carbocycles. The summed E-state index contributed by atoms with van der Waals surface area (Å²) in [5, 5.41) is 0. The molecule has 122 valence electrons. The normalized spacial score (nSPS) is 23.4. The molecule has 0 N–H and O–H groups in total. The molecule has 0 unspecified atom stereocenters. The number of hydrogen-bond donors (Lipinski definition) is 0. The van der Waals surface area contributed by atoms with Crippen LogP contribution in [0.4, 0.5) is 5.69 Å². The summed E-state index contributed by atoms with van der Waals surface area (Å²) in [4.78, 5) is 6.51. The fourth-order valence-electron chi connectivity index (χ4n) is 3.35. The zero-order valence-electron chi connectivity index (χ0n) is 12.9. The van der Waals surface area contributed by atoms with Crippen molar-refractivity contribution in [1.29, 1.82) is 0 Å². The third kappa shape index (κ3) is 3.42. The zero-order chi connectivity index (χ0) is 15.6. The molecule has 3 rings (SSSR count). The number of piperidine rings is 1. The fourth-order valence-corrected chi connectivity index (χ4v) is 4.19. The first-order chi connectivity index (χ1) is 10.5. The monoisotopic (exact) mass is 325 g/mol. The molecule has 2 aliphatic rings. The molecule has 22 heavy (non-hydrogen) atoms. The molecule has 0 bridgehead atoms. The van der Waals surface area contributed by atoms with E-state index in [4.69, 9.17) is 4.74 Å². The molecule has 1 aromatic heterocycles. The Hall–Kier alpha value is -1.18. The van der Waals surface area contributed by atoms with Gasteiger partial charge in [0.15, 0.2) is 0 Å². The van der Waals surface area contributed by atoms with Crippen LogP contribution >= 0.6 is 0 Å². The standard InChI is InChI=1S/C15H23N3O3S/c1-22(19,20)18-7-4-15(5-8-18)12-17(9-10-21-13-15)14-3-2-6-16-11-14/h2-3,6,11H,4-5,7-10,12-13H2,1H3. The van der Waals surface area contributed by atoms with Crippen molar-refractivity contribution in [3.05, 3.63) is 24.5 Å². The molecule has 6 nitrogen and oxygen atoms in total. The van der Waals surface area contributed by atoms with Gasteiger partial charge in [0.1, 0.15) is 0 Å². The second-order valence-electron chi connectivity index (χ2n) is 6.35. The Bertz CT molecular complexity index is 598. The first-order valence-electron chi connectivity index (χ1n) is 7.66. The summed E-state index contributed by atoms with van der Waals surface area (Å²) >= 11 is 0. The molecule has 2 saturated heterocycles. The van der Waals surface area contributed by atoms with E-state index < -0.39 is 10.0 Å². The SMILES string of the molecule is CS(=O)(=O)N1CCC2(CC1)COCCN(c1cccnc1)C2. The minimum Gasteiger partial charge on any atom is -0.379 e. The average molecular weight is 325 g/mol. The van der Waals surface area contributed by atoms with Crippen molar-refractivity contribution >= 4 is 15.7 Å². The molecule has 7 heteroatoms. The predicted molar refractivity (Wildman–Crippen MR) is 85.4 cm³/mol. The molecule has 0 amide bonds. The van der Waals surface area contributed by atoms with Gasteiger partial charge in [-0.15, -0.1) is 0 Å². The molecule has 1 spiro atoms. The molecule has 1 aromatic rings. The largest absolute Gasteiger partial charge is 0.379 e. The van der Waals surface area contributed by atoms with E-state index in [-0.39, 0.29) is 5.41 Å². The lowest BCUT2D eigenvalue weighted by atomic mass is 9.79. The van der Waals surface area contributed by atoms with Gasteiger partial charge >= 0.3 is 0 Å². The van der Waals surface area contributed by atoms with E-state index in [1.807, 2.05) is 12.3 Å². The van der Waals surface area contributed by atoms with Crippen LogP contribution in [0.25, 0.3) is 0 Å². The van der Waals surface area contributed by atoms with Crippen LogP contribution in [0.1, 0.15) is 12.8 Å². The molecular weight excluding hydrogens is 302 g/mol. The second-order valence-corrected chi connectivity index (χ2v) is 8.33. The zero-order valence-corrected chi connectivity index (χ0v) is 13.8. The van der Waals surface area contributed by atoms with E-state index in [1.165, 1.54) is 6.26 Å². The van der Waals surface area contributed by atoms with E-state index in [0.717, 1.165) is 31.6 Å². The van der Waals surface area contributed by atoms with Gasteiger partial charge in [0.25, 0.3) is 0 Å². The number of hydrogen-bond acceptors (Lipinski definition) is 5. The van der Waals surface area contributed by atoms with Crippen molar-refractivity contribution < 1.29 is 13.2 Å². The lowest BCUT2D eigenvalue weighted by molar-refractivity contribution is 0.0375. The molecule has 0 aliphatic carbocycles. The minimum atomic E-state index is -3.09. The number of pyridine rings is 1. The van der Waals surface area contributed by atoms with Crippen LogP contribution in [0.3, 0.4) is 0 Å². The fraction of sp³-hybridized carbons (Fsp3) is 0.667. The summed E-state index contributed by atoms with van der Waals surface area (Å²) in [5.74, 6) is 0. The maximum atomic E-state index is 11.7. The van der Waals surface area contributed by atoms with Crippen LogP contribution < -0.4 is 4.90 Å². The Labute approximate surface area is 132 Å². The van der Waals surface area contributed by atoms with Gasteiger partial charge in [-0.3, -0.25) is 4.98 Å². The topological polar surface area (TPSA) is 62.7 Å². The summed E-state index contributed by atoms with van der Waals surface area (Å²) in [6.45, 7) is 4.33. The van der Waals surface area contributed by atoms with Gasteiger partial charge in [-0.2, -0.15) is 0 Å². The molecule has 0 radical (unpaired) electrons. The van der Waals surface area contributed by atoms with Crippen molar-refractivity contribution in [2.45, 2.75) is 12.8 Å². The number of ether oxygens (including phenoxy) is 1. The maximum absolute atomic E-state index is 11.7. The van der Waals surface area contributed by atoms with Crippen LogP contribution in [0.2, 0.25) is 0 Å².